The van der Waals surface area contributed by atoms with E-state index in [2.05, 4.69) is 55.4 Å². The molecule has 0 saturated heterocycles. The molecule has 0 aliphatic rings. The fourth-order valence-electron chi connectivity index (χ4n) is 1.53. The first-order valence-electron chi connectivity index (χ1n) is 9.29. The summed E-state index contributed by atoms with van der Waals surface area (Å²) in [4.78, 5) is 0. The molecule has 0 aromatic rings. The molecular weight excluding hydrogens is 314 g/mol. The van der Waals surface area contributed by atoms with Crippen LogP contribution in [0, 0.1) is 23.7 Å². The third kappa shape index (κ3) is 60.0. The molecule has 23 heavy (non-hydrogen) atoms. The van der Waals surface area contributed by atoms with Crippen molar-refractivity contribution in [2.24, 2.45) is 23.7 Å². The first-order chi connectivity index (χ1) is 10.7. The summed E-state index contributed by atoms with van der Waals surface area (Å²) in [5.41, 5.74) is 0. The molecule has 0 N–H and O–H groups in total. The van der Waals surface area contributed by atoms with Gasteiger partial charge < -0.3 is 10.2 Å². The Morgan fingerprint density at radius 1 is 0.565 bits per heavy atom. The molecule has 0 aliphatic carbocycles. The normalized spacial score (nSPS) is 9.22. The van der Waals surface area contributed by atoms with Crippen molar-refractivity contribution in [3.63, 3.8) is 0 Å². The Hall–Kier alpha value is 0.985. The molecule has 0 aromatic carbocycles. The first kappa shape index (κ1) is 31.7. The molecule has 0 aromatic heterocycles. The molecule has 0 atom stereocenters. The van der Waals surface area contributed by atoms with Gasteiger partial charge in [-0.15, -0.1) is 6.61 Å². The predicted octanol–water partition coefficient (Wildman–Crippen LogP) is 4.02. The molecule has 0 radical (unpaired) electrons. The fourth-order valence-corrected chi connectivity index (χ4v) is 4.58. The second-order valence-electron chi connectivity index (χ2n) is 7.38. The van der Waals surface area contributed by atoms with Crippen LogP contribution in [0.5, 0.6) is 0 Å². The van der Waals surface area contributed by atoms with E-state index in [1.54, 1.807) is 6.92 Å². The summed E-state index contributed by atoms with van der Waals surface area (Å²) >= 11 is 1.51. The van der Waals surface area contributed by atoms with Gasteiger partial charge in [0, 0.05) is 0 Å². The van der Waals surface area contributed by atoms with Gasteiger partial charge in [-0.1, -0.05) is 6.92 Å². The molecular formula is C19H44Al2O2. The molecule has 0 unspecified atom stereocenters. The van der Waals surface area contributed by atoms with Crippen LogP contribution in [0.4, 0.5) is 0 Å². The largest absolute Gasteiger partial charge is 0.857 e. The van der Waals surface area contributed by atoms with Crippen molar-refractivity contribution in [1.29, 1.82) is 0 Å². The van der Waals surface area contributed by atoms with Crippen LogP contribution in [0.2, 0.25) is 21.1 Å². The Morgan fingerprint density at radius 2 is 0.696 bits per heavy atom. The van der Waals surface area contributed by atoms with Gasteiger partial charge in [0.2, 0.25) is 0 Å². The van der Waals surface area contributed by atoms with Gasteiger partial charge in [-0.25, -0.2) is 0 Å². The Labute approximate surface area is 161 Å². The van der Waals surface area contributed by atoms with Crippen molar-refractivity contribution in [1.82, 2.24) is 0 Å². The van der Waals surface area contributed by atoms with Crippen LogP contribution in [0.1, 0.15) is 62.3 Å². The zero-order chi connectivity index (χ0) is 19.3. The summed E-state index contributed by atoms with van der Waals surface area (Å²) in [6.07, 6.45) is 0. The SMILES string of the molecule is CC(C)[CH2][Al+][CH2]C(C)C.CC(C)[CH2][Al+][CH2]C(C)C.CC[O-].C[O-]. The van der Waals surface area contributed by atoms with Gasteiger partial charge in [0.15, 0.2) is 0 Å². The van der Waals surface area contributed by atoms with E-state index in [1.807, 2.05) is 0 Å². The van der Waals surface area contributed by atoms with Crippen molar-refractivity contribution < 1.29 is 10.2 Å². The standard InChI is InChI=1S/4C4H9.C2H5O.CH3O.2Al/c4*1-4(2)3;1-2-3;1-2;;/h4*4H,1H2,2-3H3;2H2,1H3;1H3;;/q;;;;2*-1;2*+1. The molecule has 0 fully saturated rings. The molecule has 0 spiro atoms. The minimum absolute atomic E-state index is 0. The maximum atomic E-state index is 8.93. The second kappa shape index (κ2) is 27.8. The minimum Gasteiger partial charge on any atom is -0.857 e. The monoisotopic (exact) mass is 358 g/mol. The van der Waals surface area contributed by atoms with Crippen molar-refractivity contribution in [3.05, 3.63) is 0 Å². The Kier molecular flexibility index (Phi) is 38.4. The van der Waals surface area contributed by atoms with Crippen LogP contribution in [-0.2, 0) is 0 Å². The maximum Gasteiger partial charge on any atom is -0.0809 e. The second-order valence-corrected chi connectivity index (χ2v) is 10.4. The molecule has 0 amide bonds. The average molecular weight is 359 g/mol. The van der Waals surface area contributed by atoms with E-state index < -0.39 is 0 Å². The predicted molar refractivity (Wildman–Crippen MR) is 107 cm³/mol. The van der Waals surface area contributed by atoms with Gasteiger partial charge in [0.1, 0.15) is 0 Å². The maximum absolute atomic E-state index is 8.93. The van der Waals surface area contributed by atoms with Crippen molar-refractivity contribution in [2.45, 2.75) is 83.4 Å². The van der Waals surface area contributed by atoms with E-state index in [9.17, 15) is 0 Å². The average Bonchev–Trinajstić information content (AvgIpc) is 2.41. The molecule has 0 heterocycles. The Bertz CT molecular complexity index is 139. The molecule has 0 aliphatic heterocycles. The summed E-state index contributed by atoms with van der Waals surface area (Å²) in [5, 5.41) is 23.1. The van der Waals surface area contributed by atoms with E-state index in [1.165, 1.54) is 21.1 Å². The van der Waals surface area contributed by atoms with Gasteiger partial charge in [0.25, 0.3) is 0 Å². The van der Waals surface area contributed by atoms with Gasteiger partial charge in [-0.3, -0.25) is 0 Å². The molecule has 0 saturated carbocycles. The zero-order valence-corrected chi connectivity index (χ0v) is 20.1. The number of rotatable bonds is 8. The third-order valence-electron chi connectivity index (χ3n) is 2.55. The third-order valence-corrected chi connectivity index (χ3v) is 7.66. The first-order valence-corrected chi connectivity index (χ1v) is 12.6. The van der Waals surface area contributed by atoms with E-state index >= 15 is 0 Å². The van der Waals surface area contributed by atoms with Crippen LogP contribution >= 0.6 is 0 Å². The summed E-state index contributed by atoms with van der Waals surface area (Å²) in [5.74, 6) is 3.72. The smallest absolute Gasteiger partial charge is 0.0809 e. The van der Waals surface area contributed by atoms with Gasteiger partial charge in [-0.2, -0.15) is 7.11 Å². The summed E-state index contributed by atoms with van der Waals surface area (Å²) < 4.78 is 0. The minimum atomic E-state index is 0. The Balaban J connectivity index is -0.000000123. The molecule has 2 nitrogen and oxygen atoms in total. The van der Waals surface area contributed by atoms with Crippen LogP contribution in [0.15, 0.2) is 0 Å². The van der Waals surface area contributed by atoms with Gasteiger partial charge in [-0.05, 0) is 0 Å². The molecule has 0 rings (SSSR count). The van der Waals surface area contributed by atoms with Gasteiger partial charge >= 0.3 is 131 Å². The van der Waals surface area contributed by atoms with Crippen molar-refractivity contribution in [3.8, 4) is 0 Å². The van der Waals surface area contributed by atoms with Crippen LogP contribution in [0.3, 0.4) is 0 Å². The summed E-state index contributed by atoms with van der Waals surface area (Å²) in [6.45, 7) is 20.1. The topological polar surface area (TPSA) is 46.1 Å². The zero-order valence-electron chi connectivity index (χ0n) is 17.8. The number of hydrogen-bond donors (Lipinski definition) is 0. The summed E-state index contributed by atoms with van der Waals surface area (Å²) in [7, 11) is 0.750. The fraction of sp³-hybridized carbons (Fsp3) is 1.00. The van der Waals surface area contributed by atoms with Crippen molar-refractivity contribution >= 4 is 30.4 Å². The molecule has 4 heteroatoms. The van der Waals surface area contributed by atoms with Crippen molar-refractivity contribution in [2.75, 3.05) is 13.7 Å². The quantitative estimate of drug-likeness (QED) is 0.615. The van der Waals surface area contributed by atoms with E-state index in [4.69, 9.17) is 10.2 Å². The van der Waals surface area contributed by atoms with E-state index in [0.29, 0.717) is 0 Å². The van der Waals surface area contributed by atoms with E-state index in [-0.39, 0.29) is 6.61 Å². The van der Waals surface area contributed by atoms with Crippen LogP contribution in [-0.4, -0.2) is 44.2 Å². The number of hydrogen-bond acceptors (Lipinski definition) is 2. The molecule has 0 bridgehead atoms. The van der Waals surface area contributed by atoms with Gasteiger partial charge in [0.05, 0.1) is 0 Å². The summed E-state index contributed by atoms with van der Waals surface area (Å²) in [6, 6.07) is 0. The Morgan fingerprint density at radius 3 is 0.783 bits per heavy atom. The van der Waals surface area contributed by atoms with E-state index in [0.717, 1.165) is 61.2 Å². The van der Waals surface area contributed by atoms with Crippen LogP contribution in [0.25, 0.3) is 0 Å². The molecule has 138 valence electrons. The van der Waals surface area contributed by atoms with Crippen LogP contribution < -0.4 is 10.2 Å².